The Morgan fingerprint density at radius 2 is 2.19 bits per heavy atom. The minimum Gasteiger partial charge on any atom is -0.371 e. The number of nitrogens with one attached hydrogen (secondary N) is 1. The van der Waals surface area contributed by atoms with Crippen molar-refractivity contribution in [2.24, 2.45) is 5.92 Å². The second-order valence-corrected chi connectivity index (χ2v) is 7.87. The lowest BCUT2D eigenvalue weighted by Gasteiger charge is -2.37. The number of hydrogen-bond acceptors (Lipinski definition) is 4. The van der Waals surface area contributed by atoms with Crippen molar-refractivity contribution < 1.29 is 4.74 Å². The fourth-order valence-corrected chi connectivity index (χ4v) is 4.89. The van der Waals surface area contributed by atoms with Gasteiger partial charge in [-0.3, -0.25) is 0 Å². The number of ether oxygens (including phenoxy) is 1. The van der Waals surface area contributed by atoms with Crippen LogP contribution in [0.3, 0.4) is 0 Å². The van der Waals surface area contributed by atoms with Crippen molar-refractivity contribution in [3.05, 3.63) is 15.6 Å². The average molecular weight is 308 g/mol. The first-order chi connectivity index (χ1) is 10.2. The number of hydrogen-bond donors (Lipinski definition) is 1. The molecule has 118 valence electrons. The van der Waals surface area contributed by atoms with Gasteiger partial charge in [-0.15, -0.1) is 11.3 Å². The van der Waals surface area contributed by atoms with Crippen LogP contribution in [0.1, 0.15) is 73.9 Å². The van der Waals surface area contributed by atoms with Crippen molar-refractivity contribution in [3.63, 3.8) is 0 Å². The molecule has 0 radical (unpaired) electrons. The molecular formula is C17H28N2OS. The summed E-state index contributed by atoms with van der Waals surface area (Å²) in [4.78, 5) is 6.53. The summed E-state index contributed by atoms with van der Waals surface area (Å²) in [6, 6.07) is 0. The lowest BCUT2D eigenvalue weighted by molar-refractivity contribution is -0.0581. The summed E-state index contributed by atoms with van der Waals surface area (Å²) in [5.41, 5.74) is 1.25. The minimum absolute atomic E-state index is 0.115. The molecule has 4 heteroatoms. The summed E-state index contributed by atoms with van der Waals surface area (Å²) in [6.07, 6.45) is 7.48. The van der Waals surface area contributed by atoms with Gasteiger partial charge in [0, 0.05) is 24.4 Å². The molecule has 2 saturated carbocycles. The van der Waals surface area contributed by atoms with Crippen LogP contribution in [0, 0.1) is 5.92 Å². The summed E-state index contributed by atoms with van der Waals surface area (Å²) in [5.74, 6) is 1.46. The second kappa shape index (κ2) is 6.35. The van der Waals surface area contributed by atoms with Crippen LogP contribution in [0.25, 0.3) is 0 Å². The molecule has 0 amide bonds. The van der Waals surface area contributed by atoms with Gasteiger partial charge >= 0.3 is 0 Å². The molecule has 1 heterocycles. The predicted octanol–water partition coefficient (Wildman–Crippen LogP) is 4.18. The first kappa shape index (κ1) is 15.4. The highest BCUT2D eigenvalue weighted by atomic mass is 32.1. The van der Waals surface area contributed by atoms with Crippen LogP contribution in [-0.2, 0) is 16.9 Å². The van der Waals surface area contributed by atoms with E-state index >= 15 is 0 Å². The van der Waals surface area contributed by atoms with Crippen LogP contribution in [0.2, 0.25) is 0 Å². The van der Waals surface area contributed by atoms with Crippen LogP contribution in [0.4, 0.5) is 0 Å². The highest BCUT2D eigenvalue weighted by Gasteiger charge is 2.41. The lowest BCUT2D eigenvalue weighted by atomic mass is 9.79. The van der Waals surface area contributed by atoms with Gasteiger partial charge in [0.15, 0.2) is 0 Å². The van der Waals surface area contributed by atoms with Gasteiger partial charge in [-0.1, -0.05) is 20.3 Å². The molecule has 2 unspecified atom stereocenters. The summed E-state index contributed by atoms with van der Waals surface area (Å²) < 4.78 is 6.04. The van der Waals surface area contributed by atoms with E-state index in [9.17, 15) is 0 Å². The molecule has 2 aliphatic carbocycles. The molecule has 2 atom stereocenters. The third-order valence-corrected chi connectivity index (χ3v) is 6.22. The molecule has 0 spiro atoms. The molecule has 0 aliphatic heterocycles. The quantitative estimate of drug-likeness (QED) is 0.856. The first-order valence-electron chi connectivity index (χ1n) is 8.44. The molecule has 1 aromatic heterocycles. The van der Waals surface area contributed by atoms with Gasteiger partial charge < -0.3 is 10.1 Å². The maximum absolute atomic E-state index is 6.04. The van der Waals surface area contributed by atoms with Crippen molar-refractivity contribution in [3.8, 4) is 0 Å². The van der Waals surface area contributed by atoms with Gasteiger partial charge in [0.1, 0.15) is 10.6 Å². The topological polar surface area (TPSA) is 34.1 Å². The zero-order valence-corrected chi connectivity index (χ0v) is 14.4. The third kappa shape index (κ3) is 3.17. The Morgan fingerprint density at radius 3 is 2.81 bits per heavy atom. The molecule has 1 N–H and O–H groups in total. The maximum atomic E-state index is 6.04. The van der Waals surface area contributed by atoms with Gasteiger partial charge in [-0.05, 0) is 44.6 Å². The van der Waals surface area contributed by atoms with Crippen molar-refractivity contribution in [1.29, 1.82) is 0 Å². The van der Waals surface area contributed by atoms with Crippen molar-refractivity contribution >= 4 is 11.3 Å². The Kier molecular flexibility index (Phi) is 4.67. The maximum Gasteiger partial charge on any atom is 0.125 e. The standard InChI is InChI=1S/C17H28N2OS/c1-4-18-11-14-15(13-7-8-13)19-16(21-14)17(20-3)9-5-6-12(2)10-17/h12-13,18H,4-11H2,1-3H3. The van der Waals surface area contributed by atoms with E-state index in [4.69, 9.17) is 9.72 Å². The highest BCUT2D eigenvalue weighted by Crippen LogP contribution is 2.48. The largest absolute Gasteiger partial charge is 0.371 e. The number of rotatable bonds is 6. The van der Waals surface area contributed by atoms with Gasteiger partial charge in [0.2, 0.25) is 0 Å². The van der Waals surface area contributed by atoms with E-state index in [-0.39, 0.29) is 5.60 Å². The number of thiazole rings is 1. The molecule has 3 rings (SSSR count). The summed E-state index contributed by atoms with van der Waals surface area (Å²) in [6.45, 7) is 6.50. The third-order valence-electron chi connectivity index (χ3n) is 4.96. The number of aromatic nitrogens is 1. The molecule has 2 fully saturated rings. The molecule has 1 aromatic rings. The molecule has 0 aromatic carbocycles. The molecule has 0 bridgehead atoms. The molecule has 2 aliphatic rings. The SMILES string of the molecule is CCNCc1sc(C2(OC)CCCC(C)C2)nc1C1CC1. The van der Waals surface area contributed by atoms with Crippen LogP contribution >= 0.6 is 11.3 Å². The Morgan fingerprint density at radius 1 is 1.38 bits per heavy atom. The van der Waals surface area contributed by atoms with E-state index in [1.807, 2.05) is 18.4 Å². The van der Waals surface area contributed by atoms with Crippen molar-refractivity contribution in [2.45, 2.75) is 70.4 Å². The predicted molar refractivity (Wildman–Crippen MR) is 87.8 cm³/mol. The van der Waals surface area contributed by atoms with Crippen LogP contribution in [-0.4, -0.2) is 18.6 Å². The van der Waals surface area contributed by atoms with E-state index < -0.39 is 0 Å². The van der Waals surface area contributed by atoms with E-state index in [2.05, 4.69) is 19.2 Å². The fourth-order valence-electron chi connectivity index (χ4n) is 3.57. The van der Waals surface area contributed by atoms with Crippen LogP contribution < -0.4 is 5.32 Å². The fraction of sp³-hybridized carbons (Fsp3) is 0.824. The Balaban J connectivity index is 1.89. The van der Waals surface area contributed by atoms with E-state index in [1.54, 1.807) is 0 Å². The highest BCUT2D eigenvalue weighted by molar-refractivity contribution is 7.11. The number of methoxy groups -OCH3 is 1. The summed E-state index contributed by atoms with van der Waals surface area (Å²) in [7, 11) is 1.88. The van der Waals surface area contributed by atoms with E-state index in [1.165, 1.54) is 41.3 Å². The monoisotopic (exact) mass is 308 g/mol. The smallest absolute Gasteiger partial charge is 0.125 e. The second-order valence-electron chi connectivity index (χ2n) is 6.78. The van der Waals surface area contributed by atoms with Crippen molar-refractivity contribution in [1.82, 2.24) is 10.3 Å². The zero-order chi connectivity index (χ0) is 14.9. The zero-order valence-electron chi connectivity index (χ0n) is 13.6. The van der Waals surface area contributed by atoms with E-state index in [0.717, 1.165) is 37.8 Å². The van der Waals surface area contributed by atoms with E-state index in [0.29, 0.717) is 0 Å². The molecule has 21 heavy (non-hydrogen) atoms. The van der Waals surface area contributed by atoms with Gasteiger partial charge in [-0.2, -0.15) is 0 Å². The number of nitrogens with zero attached hydrogens (tertiary/aromatic N) is 1. The normalized spacial score (nSPS) is 29.8. The van der Waals surface area contributed by atoms with Gasteiger partial charge in [0.05, 0.1) is 5.69 Å². The van der Waals surface area contributed by atoms with Gasteiger partial charge in [-0.25, -0.2) is 4.98 Å². The minimum atomic E-state index is -0.115. The lowest BCUT2D eigenvalue weighted by Crippen LogP contribution is -2.34. The average Bonchev–Trinajstić information content (AvgIpc) is 3.24. The van der Waals surface area contributed by atoms with Crippen LogP contribution in [0.15, 0.2) is 0 Å². The molecule has 3 nitrogen and oxygen atoms in total. The van der Waals surface area contributed by atoms with Crippen molar-refractivity contribution in [2.75, 3.05) is 13.7 Å². The Labute approximate surface area is 132 Å². The molecule has 0 saturated heterocycles. The van der Waals surface area contributed by atoms with Crippen LogP contribution in [0.5, 0.6) is 0 Å². The Hall–Kier alpha value is -0.450. The first-order valence-corrected chi connectivity index (χ1v) is 9.26. The summed E-state index contributed by atoms with van der Waals surface area (Å²) in [5, 5.41) is 4.71. The Bertz CT molecular complexity index is 483. The van der Waals surface area contributed by atoms with Gasteiger partial charge in [0.25, 0.3) is 0 Å². The summed E-state index contributed by atoms with van der Waals surface area (Å²) >= 11 is 1.90. The molecular weight excluding hydrogens is 280 g/mol.